The molecule has 2 aromatic rings. The summed E-state index contributed by atoms with van der Waals surface area (Å²) < 4.78 is 8.44. The van der Waals surface area contributed by atoms with E-state index in [1.165, 1.54) is 6.92 Å². The lowest BCUT2D eigenvalue weighted by atomic mass is 10.1. The highest BCUT2D eigenvalue weighted by Gasteiger charge is 2.17. The van der Waals surface area contributed by atoms with Crippen molar-refractivity contribution in [1.82, 2.24) is 14.0 Å². The predicted octanol–water partition coefficient (Wildman–Crippen LogP) is 0.843. The van der Waals surface area contributed by atoms with Crippen molar-refractivity contribution < 1.29 is 14.6 Å². The Morgan fingerprint density at radius 3 is 2.46 bits per heavy atom. The van der Waals surface area contributed by atoms with E-state index >= 15 is 0 Å². The number of hydrogen-bond donors (Lipinski definition) is 1. The Morgan fingerprint density at radius 1 is 1.19 bits per heavy atom. The molecule has 1 fully saturated rings. The van der Waals surface area contributed by atoms with Crippen molar-refractivity contribution in [3.8, 4) is 5.69 Å². The summed E-state index contributed by atoms with van der Waals surface area (Å²) in [5, 5.41) is 10.4. The van der Waals surface area contributed by atoms with Crippen molar-refractivity contribution in [2.24, 2.45) is 0 Å². The van der Waals surface area contributed by atoms with Crippen molar-refractivity contribution in [2.75, 3.05) is 32.8 Å². The lowest BCUT2D eigenvalue weighted by molar-refractivity contribution is 0.0113. The van der Waals surface area contributed by atoms with Crippen LogP contribution < -0.4 is 5.69 Å². The molecular weight excluding hydrogens is 334 g/mol. The largest absolute Gasteiger partial charge is 0.390 e. The summed E-state index contributed by atoms with van der Waals surface area (Å²) in [6.45, 7) is 7.09. The number of aryl methyl sites for hydroxylation is 1. The average Bonchev–Trinajstić information content (AvgIpc) is 2.89. The van der Waals surface area contributed by atoms with Crippen molar-refractivity contribution in [1.29, 1.82) is 0 Å². The Morgan fingerprint density at radius 2 is 1.85 bits per heavy atom. The van der Waals surface area contributed by atoms with E-state index in [0.29, 0.717) is 31.0 Å². The molecule has 0 saturated carbocycles. The SMILES string of the molecule is CC(=O)c1ccc(-n2c(C)cn(CC(O)CN3CCOCC3)c2=O)cc1. The Bertz CT molecular complexity index is 816. The van der Waals surface area contributed by atoms with Gasteiger partial charge in [0.25, 0.3) is 0 Å². The van der Waals surface area contributed by atoms with Gasteiger partial charge in [0.05, 0.1) is 31.5 Å². The molecule has 0 radical (unpaired) electrons. The molecule has 1 aliphatic heterocycles. The zero-order valence-electron chi connectivity index (χ0n) is 15.2. The number of aliphatic hydroxyl groups excluding tert-OH is 1. The van der Waals surface area contributed by atoms with E-state index in [0.717, 1.165) is 18.8 Å². The van der Waals surface area contributed by atoms with Gasteiger partial charge in [-0.2, -0.15) is 0 Å². The number of β-amino-alcohol motifs (C(OH)–C–C–N with tert-alkyl or cyclic N) is 1. The van der Waals surface area contributed by atoms with Gasteiger partial charge in [0.2, 0.25) is 0 Å². The maximum atomic E-state index is 12.8. The van der Waals surface area contributed by atoms with Crippen LogP contribution in [-0.4, -0.2) is 63.9 Å². The van der Waals surface area contributed by atoms with E-state index in [4.69, 9.17) is 4.74 Å². The minimum Gasteiger partial charge on any atom is -0.390 e. The molecule has 1 atom stereocenters. The molecule has 7 nitrogen and oxygen atoms in total. The first-order valence-electron chi connectivity index (χ1n) is 8.84. The molecule has 1 aromatic heterocycles. The monoisotopic (exact) mass is 359 g/mol. The van der Waals surface area contributed by atoms with Gasteiger partial charge in [0, 0.05) is 37.1 Å². The van der Waals surface area contributed by atoms with Crippen LogP contribution in [0, 0.1) is 6.92 Å². The van der Waals surface area contributed by atoms with Gasteiger partial charge in [0.15, 0.2) is 5.78 Å². The number of imidazole rings is 1. The number of morpholine rings is 1. The second kappa shape index (κ2) is 7.99. The molecule has 1 unspecified atom stereocenters. The zero-order valence-corrected chi connectivity index (χ0v) is 15.2. The summed E-state index contributed by atoms with van der Waals surface area (Å²) >= 11 is 0. The van der Waals surface area contributed by atoms with Crippen molar-refractivity contribution in [3.05, 3.63) is 52.2 Å². The second-order valence-corrected chi connectivity index (χ2v) is 6.71. The van der Waals surface area contributed by atoms with E-state index in [9.17, 15) is 14.7 Å². The fraction of sp³-hybridized carbons (Fsp3) is 0.474. The first kappa shape index (κ1) is 18.6. The number of ether oxygens (including phenoxy) is 1. The van der Waals surface area contributed by atoms with Gasteiger partial charge in [-0.3, -0.25) is 18.8 Å². The topological polar surface area (TPSA) is 76.7 Å². The van der Waals surface area contributed by atoms with Gasteiger partial charge >= 0.3 is 5.69 Å². The molecule has 1 aromatic carbocycles. The predicted molar refractivity (Wildman–Crippen MR) is 98.0 cm³/mol. The van der Waals surface area contributed by atoms with E-state index in [1.807, 2.05) is 6.92 Å². The van der Waals surface area contributed by atoms with Gasteiger partial charge in [-0.1, -0.05) is 0 Å². The molecule has 7 heteroatoms. The average molecular weight is 359 g/mol. The van der Waals surface area contributed by atoms with Gasteiger partial charge in [-0.25, -0.2) is 4.79 Å². The van der Waals surface area contributed by atoms with Gasteiger partial charge < -0.3 is 9.84 Å². The number of carbonyl (C=O) groups is 1. The molecule has 2 heterocycles. The molecule has 0 bridgehead atoms. The molecule has 1 N–H and O–H groups in total. The Labute approximate surface area is 152 Å². The number of Topliss-reactive ketones (excluding diaryl/α,β-unsaturated/α-hetero) is 1. The number of ketones is 1. The second-order valence-electron chi connectivity index (χ2n) is 6.71. The highest BCUT2D eigenvalue weighted by atomic mass is 16.5. The van der Waals surface area contributed by atoms with Crippen LogP contribution in [0.1, 0.15) is 23.0 Å². The van der Waals surface area contributed by atoms with Crippen LogP contribution >= 0.6 is 0 Å². The third-order valence-corrected chi connectivity index (χ3v) is 4.64. The Balaban J connectivity index is 1.75. The first-order valence-corrected chi connectivity index (χ1v) is 8.84. The number of carbonyl (C=O) groups excluding carboxylic acids is 1. The minimum atomic E-state index is -0.624. The third kappa shape index (κ3) is 4.12. The number of nitrogens with zero attached hydrogens (tertiary/aromatic N) is 3. The summed E-state index contributed by atoms with van der Waals surface area (Å²) in [6, 6.07) is 6.96. The standard InChI is InChI=1S/C19H25N3O4/c1-14-11-21(13-18(24)12-20-7-9-26-10-8-20)19(25)22(14)17-5-3-16(4-6-17)15(2)23/h3-6,11,18,24H,7-10,12-13H2,1-2H3. The summed E-state index contributed by atoms with van der Waals surface area (Å²) in [5.41, 5.74) is 1.90. The van der Waals surface area contributed by atoms with E-state index in [-0.39, 0.29) is 18.0 Å². The molecule has 140 valence electrons. The number of benzene rings is 1. The quantitative estimate of drug-likeness (QED) is 0.774. The lowest BCUT2D eigenvalue weighted by Gasteiger charge is -2.28. The van der Waals surface area contributed by atoms with Crippen LogP contribution in [0.2, 0.25) is 0 Å². The van der Waals surface area contributed by atoms with E-state index in [2.05, 4.69) is 4.90 Å². The van der Waals surface area contributed by atoms with Crippen LogP contribution in [0.3, 0.4) is 0 Å². The lowest BCUT2D eigenvalue weighted by Crippen LogP contribution is -2.42. The summed E-state index contributed by atoms with van der Waals surface area (Å²) in [5.74, 6) is -0.00979. The van der Waals surface area contributed by atoms with E-state index in [1.54, 1.807) is 39.6 Å². The minimum absolute atomic E-state index is 0.00979. The first-order chi connectivity index (χ1) is 12.5. The fourth-order valence-electron chi connectivity index (χ4n) is 3.27. The molecule has 1 saturated heterocycles. The molecular formula is C19H25N3O4. The maximum absolute atomic E-state index is 12.8. The highest BCUT2D eigenvalue weighted by Crippen LogP contribution is 2.12. The molecule has 3 rings (SSSR count). The fourth-order valence-corrected chi connectivity index (χ4v) is 3.27. The number of hydrogen-bond acceptors (Lipinski definition) is 5. The van der Waals surface area contributed by atoms with E-state index < -0.39 is 6.10 Å². The molecule has 0 amide bonds. The van der Waals surface area contributed by atoms with Crippen molar-refractivity contribution in [2.45, 2.75) is 26.5 Å². The summed E-state index contributed by atoms with van der Waals surface area (Å²) in [4.78, 5) is 26.3. The van der Waals surface area contributed by atoms with Gasteiger partial charge in [-0.15, -0.1) is 0 Å². The van der Waals surface area contributed by atoms with Gasteiger partial charge in [0.1, 0.15) is 0 Å². The normalized spacial score (nSPS) is 16.6. The van der Waals surface area contributed by atoms with Crippen molar-refractivity contribution in [3.63, 3.8) is 0 Å². The van der Waals surface area contributed by atoms with Crippen LogP contribution in [0.5, 0.6) is 0 Å². The molecule has 1 aliphatic rings. The molecule has 0 aliphatic carbocycles. The Hall–Kier alpha value is -2.22. The Kier molecular flexibility index (Phi) is 5.70. The number of rotatable bonds is 6. The van der Waals surface area contributed by atoms with Crippen LogP contribution in [0.15, 0.2) is 35.3 Å². The van der Waals surface area contributed by atoms with Crippen LogP contribution in [0.25, 0.3) is 5.69 Å². The van der Waals surface area contributed by atoms with Crippen molar-refractivity contribution >= 4 is 5.78 Å². The summed E-state index contributed by atoms with van der Waals surface area (Å²) in [6.07, 6.45) is 1.13. The van der Waals surface area contributed by atoms with Gasteiger partial charge in [-0.05, 0) is 38.1 Å². The zero-order chi connectivity index (χ0) is 18.7. The number of aliphatic hydroxyl groups is 1. The smallest absolute Gasteiger partial charge is 0.333 e. The molecule has 26 heavy (non-hydrogen) atoms. The van der Waals surface area contributed by atoms with Crippen LogP contribution in [-0.2, 0) is 11.3 Å². The summed E-state index contributed by atoms with van der Waals surface area (Å²) in [7, 11) is 0. The molecule has 0 spiro atoms. The highest BCUT2D eigenvalue weighted by molar-refractivity contribution is 5.94. The maximum Gasteiger partial charge on any atom is 0.333 e. The number of aromatic nitrogens is 2. The third-order valence-electron chi connectivity index (χ3n) is 4.64. The van der Waals surface area contributed by atoms with Crippen LogP contribution in [0.4, 0.5) is 0 Å².